The number of nitrogen functional groups attached to an aromatic ring is 1. The number of rotatable bonds is 6. The van der Waals surface area contributed by atoms with E-state index in [2.05, 4.69) is 0 Å². The third-order valence-electron chi connectivity index (χ3n) is 3.31. The first-order valence-corrected chi connectivity index (χ1v) is 7.73. The van der Waals surface area contributed by atoms with Gasteiger partial charge >= 0.3 is 12.1 Å². The largest absolute Gasteiger partial charge is 0.506 e. The van der Waals surface area contributed by atoms with E-state index in [1.807, 2.05) is 30.3 Å². The average Bonchev–Trinajstić information content (AvgIpc) is 2.59. The zero-order valence-corrected chi connectivity index (χ0v) is 13.8. The number of ether oxygens (including phenoxy) is 2. The number of esters is 1. The lowest BCUT2D eigenvalue weighted by atomic mass is 10.2. The van der Waals surface area contributed by atoms with Gasteiger partial charge in [-0.15, -0.1) is 0 Å². The van der Waals surface area contributed by atoms with Crippen LogP contribution in [-0.2, 0) is 20.9 Å². The minimum atomic E-state index is -0.781. The minimum absolute atomic E-state index is 0.0364. The van der Waals surface area contributed by atoms with Crippen molar-refractivity contribution in [3.05, 3.63) is 54.1 Å². The Kier molecular flexibility index (Phi) is 6.22. The highest BCUT2D eigenvalue weighted by Gasteiger charge is 2.24. The molecule has 0 aromatic heterocycles. The molecule has 0 aliphatic heterocycles. The summed E-state index contributed by atoms with van der Waals surface area (Å²) in [6.07, 6.45) is -0.781. The number of phenols is 1. The first-order chi connectivity index (χ1) is 12.0. The van der Waals surface area contributed by atoms with Gasteiger partial charge in [-0.1, -0.05) is 30.3 Å². The lowest BCUT2D eigenvalue weighted by Gasteiger charge is -2.22. The second kappa shape index (κ2) is 8.58. The number of benzene rings is 2. The van der Waals surface area contributed by atoms with Gasteiger partial charge in [-0.05, 0) is 24.6 Å². The van der Waals surface area contributed by atoms with Crippen molar-refractivity contribution in [1.82, 2.24) is 0 Å². The molecule has 0 saturated carbocycles. The Bertz CT molecular complexity index is 734. The van der Waals surface area contributed by atoms with E-state index in [1.165, 1.54) is 18.2 Å². The molecular weight excluding hydrogens is 324 g/mol. The van der Waals surface area contributed by atoms with Crippen LogP contribution in [0.3, 0.4) is 0 Å². The smallest absolute Gasteiger partial charge is 0.415 e. The molecule has 0 aliphatic rings. The quantitative estimate of drug-likeness (QED) is 0.617. The molecule has 7 heteroatoms. The van der Waals surface area contributed by atoms with E-state index in [9.17, 15) is 14.7 Å². The van der Waals surface area contributed by atoms with Crippen molar-refractivity contribution in [3.63, 3.8) is 0 Å². The van der Waals surface area contributed by atoms with Crippen LogP contribution in [-0.4, -0.2) is 30.3 Å². The van der Waals surface area contributed by atoms with Crippen molar-refractivity contribution < 1.29 is 24.2 Å². The molecule has 0 unspecified atom stereocenters. The van der Waals surface area contributed by atoms with E-state index < -0.39 is 12.1 Å². The summed E-state index contributed by atoms with van der Waals surface area (Å²) in [7, 11) is 0. The van der Waals surface area contributed by atoms with Gasteiger partial charge in [-0.25, -0.2) is 4.79 Å². The first-order valence-electron chi connectivity index (χ1n) is 7.73. The monoisotopic (exact) mass is 344 g/mol. The van der Waals surface area contributed by atoms with Gasteiger partial charge in [0.05, 0.1) is 12.3 Å². The normalized spacial score (nSPS) is 10.1. The van der Waals surface area contributed by atoms with Gasteiger partial charge in [0.1, 0.15) is 18.9 Å². The third-order valence-corrected chi connectivity index (χ3v) is 3.31. The van der Waals surface area contributed by atoms with Crippen LogP contribution < -0.4 is 10.6 Å². The van der Waals surface area contributed by atoms with Crippen LogP contribution in [0.5, 0.6) is 5.75 Å². The Hall–Kier alpha value is -3.22. The Morgan fingerprint density at radius 1 is 1.12 bits per heavy atom. The fourth-order valence-corrected chi connectivity index (χ4v) is 2.15. The number of carbonyl (C=O) groups is 2. The second-order valence-corrected chi connectivity index (χ2v) is 5.18. The fraction of sp³-hybridized carbons (Fsp3) is 0.222. The van der Waals surface area contributed by atoms with Crippen LogP contribution >= 0.6 is 0 Å². The Balaban J connectivity index is 2.17. The summed E-state index contributed by atoms with van der Waals surface area (Å²) in [6, 6.07) is 13.4. The molecule has 0 spiro atoms. The molecule has 0 heterocycles. The zero-order valence-electron chi connectivity index (χ0n) is 13.8. The number of nitrogens with zero attached hydrogens (tertiary/aromatic N) is 1. The minimum Gasteiger partial charge on any atom is -0.506 e. The molecule has 0 atom stereocenters. The highest BCUT2D eigenvalue weighted by molar-refractivity contribution is 5.95. The number of nitrogens with two attached hydrogens (primary N) is 1. The molecule has 132 valence electrons. The van der Waals surface area contributed by atoms with E-state index in [4.69, 9.17) is 15.2 Å². The second-order valence-electron chi connectivity index (χ2n) is 5.18. The van der Waals surface area contributed by atoms with E-state index >= 15 is 0 Å². The van der Waals surface area contributed by atoms with Gasteiger partial charge in [0.2, 0.25) is 0 Å². The maximum Gasteiger partial charge on any atom is 0.415 e. The SMILES string of the molecule is CCOC(=O)CN(C(=O)OCc1ccccc1)c1ccc(N)cc1O. The molecule has 0 saturated heterocycles. The number of hydrogen-bond acceptors (Lipinski definition) is 6. The van der Waals surface area contributed by atoms with E-state index in [0.29, 0.717) is 5.69 Å². The molecule has 25 heavy (non-hydrogen) atoms. The van der Waals surface area contributed by atoms with Gasteiger partial charge < -0.3 is 20.3 Å². The lowest BCUT2D eigenvalue weighted by molar-refractivity contribution is -0.141. The molecule has 0 bridgehead atoms. The summed E-state index contributed by atoms with van der Waals surface area (Å²) in [6.45, 7) is 1.49. The Morgan fingerprint density at radius 2 is 1.84 bits per heavy atom. The third kappa shape index (κ3) is 5.13. The number of amides is 1. The summed E-state index contributed by atoms with van der Waals surface area (Å²) in [4.78, 5) is 25.3. The van der Waals surface area contributed by atoms with Crippen molar-refractivity contribution in [3.8, 4) is 5.75 Å². The number of anilines is 2. The highest BCUT2D eigenvalue weighted by Crippen LogP contribution is 2.29. The van der Waals surface area contributed by atoms with Crippen molar-refractivity contribution in [2.45, 2.75) is 13.5 Å². The number of carbonyl (C=O) groups excluding carboxylic acids is 2. The standard InChI is InChI=1S/C18H20N2O5/c1-2-24-17(22)11-20(15-9-8-14(19)10-16(15)21)18(23)25-12-13-6-4-3-5-7-13/h3-10,21H,2,11-12,19H2,1H3. The predicted molar refractivity (Wildman–Crippen MR) is 93.1 cm³/mol. The van der Waals surface area contributed by atoms with Crippen LogP contribution in [0.1, 0.15) is 12.5 Å². The van der Waals surface area contributed by atoms with Crippen molar-refractivity contribution in [2.24, 2.45) is 0 Å². The summed E-state index contributed by atoms with van der Waals surface area (Å²) in [5.41, 5.74) is 6.84. The zero-order chi connectivity index (χ0) is 18.2. The van der Waals surface area contributed by atoms with Crippen LogP contribution in [0.15, 0.2) is 48.5 Å². The van der Waals surface area contributed by atoms with Crippen molar-refractivity contribution in [1.29, 1.82) is 0 Å². The molecule has 0 fully saturated rings. The van der Waals surface area contributed by atoms with Gasteiger partial charge in [-0.2, -0.15) is 0 Å². The van der Waals surface area contributed by atoms with Crippen molar-refractivity contribution >= 4 is 23.4 Å². The molecular formula is C18H20N2O5. The molecule has 1 amide bonds. The lowest BCUT2D eigenvalue weighted by Crippen LogP contribution is -2.37. The molecule has 3 N–H and O–H groups in total. The van der Waals surface area contributed by atoms with Crippen LogP contribution in [0.4, 0.5) is 16.2 Å². The topological polar surface area (TPSA) is 102 Å². The number of aromatic hydroxyl groups is 1. The molecule has 2 rings (SSSR count). The predicted octanol–water partition coefficient (Wildman–Crippen LogP) is 2.68. The van der Waals surface area contributed by atoms with Gasteiger partial charge in [0, 0.05) is 11.8 Å². The van der Waals surface area contributed by atoms with Crippen molar-refractivity contribution in [2.75, 3.05) is 23.8 Å². The molecule has 7 nitrogen and oxygen atoms in total. The van der Waals surface area contributed by atoms with Crippen LogP contribution in [0, 0.1) is 0 Å². The maximum absolute atomic E-state index is 12.4. The summed E-state index contributed by atoms with van der Waals surface area (Å²) >= 11 is 0. The van der Waals surface area contributed by atoms with E-state index in [-0.39, 0.29) is 31.2 Å². The fourth-order valence-electron chi connectivity index (χ4n) is 2.15. The Morgan fingerprint density at radius 3 is 2.48 bits per heavy atom. The summed E-state index contributed by atoms with van der Waals surface area (Å²) in [5.74, 6) is -0.851. The average molecular weight is 344 g/mol. The number of hydrogen-bond donors (Lipinski definition) is 2. The van der Waals surface area contributed by atoms with Gasteiger partial charge in [0.15, 0.2) is 0 Å². The number of phenolic OH excluding ortho intramolecular Hbond substituents is 1. The van der Waals surface area contributed by atoms with Crippen LogP contribution in [0.25, 0.3) is 0 Å². The summed E-state index contributed by atoms with van der Waals surface area (Å²) in [5, 5.41) is 10.1. The van der Waals surface area contributed by atoms with Gasteiger partial charge in [0.25, 0.3) is 0 Å². The molecule has 0 radical (unpaired) electrons. The molecule has 2 aromatic rings. The first kappa shape index (κ1) is 18.1. The van der Waals surface area contributed by atoms with Gasteiger partial charge in [-0.3, -0.25) is 9.69 Å². The van der Waals surface area contributed by atoms with Crippen LogP contribution in [0.2, 0.25) is 0 Å². The molecule has 0 aliphatic carbocycles. The molecule has 2 aromatic carbocycles. The van der Waals surface area contributed by atoms with E-state index in [1.54, 1.807) is 6.92 Å². The Labute approximate surface area is 145 Å². The summed E-state index contributed by atoms with van der Waals surface area (Å²) < 4.78 is 10.1. The maximum atomic E-state index is 12.4. The highest BCUT2D eigenvalue weighted by atomic mass is 16.6. The van der Waals surface area contributed by atoms with E-state index in [0.717, 1.165) is 10.5 Å².